The number of rotatable bonds is 9. The minimum Gasteiger partial charge on any atom is -0.390 e. The van der Waals surface area contributed by atoms with Gasteiger partial charge in [0.05, 0.1) is 16.3 Å². The molecule has 1 aromatic rings. The molecule has 0 aliphatic carbocycles. The number of nitrogens with zero attached hydrogens (tertiary/aromatic N) is 2. The van der Waals surface area contributed by atoms with Crippen molar-refractivity contribution >= 4 is 35.1 Å². The van der Waals surface area contributed by atoms with E-state index in [2.05, 4.69) is 44.2 Å². The van der Waals surface area contributed by atoms with Crippen molar-refractivity contribution in [1.29, 1.82) is 0 Å². The molecule has 7 nitrogen and oxygen atoms in total. The summed E-state index contributed by atoms with van der Waals surface area (Å²) in [5.74, 6) is 3.29. The Bertz CT molecular complexity index is 1270. The molecule has 0 spiro atoms. The van der Waals surface area contributed by atoms with Gasteiger partial charge in [-0.1, -0.05) is 57.4 Å². The third kappa shape index (κ3) is 9.41. The smallest absolute Gasteiger partial charge is 0.324 e. The molecule has 0 aromatic carbocycles. The average molecular weight is 583 g/mol. The maximum absolute atomic E-state index is 13.1. The number of aromatic nitrogens is 1. The molecule has 2 rings (SSSR count). The van der Waals surface area contributed by atoms with Crippen molar-refractivity contribution in [3.63, 3.8) is 0 Å². The summed E-state index contributed by atoms with van der Waals surface area (Å²) >= 11 is 6.40. The Hall–Kier alpha value is -3.21. The normalized spacial score (nSPS) is 16.9. The zero-order valence-electron chi connectivity index (χ0n) is 25.9. The Balaban J connectivity index is 2.34. The number of likely N-dealkylation sites (tertiary alicyclic amines) is 1. The zero-order valence-corrected chi connectivity index (χ0v) is 26.7. The number of carbonyl (C=O) groups is 2. The molecule has 1 aromatic heterocycles. The number of amides is 3. The summed E-state index contributed by atoms with van der Waals surface area (Å²) in [6.45, 7) is 17.0. The number of piperidine rings is 1. The summed E-state index contributed by atoms with van der Waals surface area (Å²) in [6, 6.07) is 1.57. The highest BCUT2D eigenvalue weighted by atomic mass is 35.5. The van der Waals surface area contributed by atoms with Crippen LogP contribution in [0.15, 0.2) is 46.7 Å². The standard InChI is InChI=1S/C33H47ClN4O3/c1-10-15-25(16-13-14-17-29(39)37-20-18-33(9,41)19-21-37)38-27(12-3)26(32(6,7)8)22-28(38)36-31(40)35-24(5)30(34)23(4)11-2/h1,11,13,15-16,22,41H,12,14,17-21H2,2-9H3,(H2,35,36,40)/b16-13-,23-11-,25-15+,30-24-. The number of allylic oxidation sites excluding steroid dienone is 8. The summed E-state index contributed by atoms with van der Waals surface area (Å²) in [5.41, 5.74) is 3.38. The van der Waals surface area contributed by atoms with Gasteiger partial charge in [0.25, 0.3) is 0 Å². The Kier molecular flexibility index (Phi) is 12.1. The van der Waals surface area contributed by atoms with E-state index in [0.717, 1.165) is 16.8 Å². The predicted molar refractivity (Wildman–Crippen MR) is 171 cm³/mol. The van der Waals surface area contributed by atoms with Crippen molar-refractivity contribution in [2.45, 2.75) is 98.5 Å². The van der Waals surface area contributed by atoms with Gasteiger partial charge in [0.1, 0.15) is 5.82 Å². The number of halogens is 1. The minimum absolute atomic E-state index is 0.0760. The number of terminal acetylenes is 1. The summed E-state index contributed by atoms with van der Waals surface area (Å²) < 4.78 is 1.98. The van der Waals surface area contributed by atoms with E-state index in [4.69, 9.17) is 18.0 Å². The molecule has 1 aliphatic heterocycles. The monoisotopic (exact) mass is 582 g/mol. The van der Waals surface area contributed by atoms with Crippen molar-refractivity contribution in [2.24, 2.45) is 0 Å². The van der Waals surface area contributed by atoms with E-state index >= 15 is 0 Å². The number of hydrogen-bond donors (Lipinski definition) is 3. The van der Waals surface area contributed by atoms with Gasteiger partial charge in [0.15, 0.2) is 0 Å². The maximum atomic E-state index is 13.1. The van der Waals surface area contributed by atoms with E-state index < -0.39 is 11.6 Å². The molecular weight excluding hydrogens is 536 g/mol. The third-order valence-corrected chi connectivity index (χ3v) is 7.97. The molecule has 0 radical (unpaired) electrons. The lowest BCUT2D eigenvalue weighted by Crippen LogP contribution is -2.45. The first-order valence-corrected chi connectivity index (χ1v) is 14.7. The molecule has 8 heteroatoms. The maximum Gasteiger partial charge on any atom is 0.324 e. The Morgan fingerprint density at radius 3 is 2.41 bits per heavy atom. The van der Waals surface area contributed by atoms with Crippen LogP contribution in [-0.4, -0.2) is 45.2 Å². The second-order valence-corrected chi connectivity index (χ2v) is 12.3. The van der Waals surface area contributed by atoms with Crippen molar-refractivity contribution in [3.05, 3.63) is 57.9 Å². The molecule has 1 saturated heterocycles. The van der Waals surface area contributed by atoms with Crippen LogP contribution in [0, 0.1) is 12.3 Å². The number of carbonyl (C=O) groups excluding carboxylic acids is 2. The molecule has 0 bridgehead atoms. The zero-order chi connectivity index (χ0) is 31.0. The van der Waals surface area contributed by atoms with E-state index in [9.17, 15) is 14.7 Å². The van der Waals surface area contributed by atoms with E-state index in [1.54, 1.807) is 13.0 Å². The van der Waals surface area contributed by atoms with Crippen LogP contribution in [0.4, 0.5) is 10.6 Å². The summed E-state index contributed by atoms with van der Waals surface area (Å²) in [4.78, 5) is 27.6. The second kappa shape index (κ2) is 14.6. The van der Waals surface area contributed by atoms with Gasteiger partial charge in [-0.3, -0.25) is 14.7 Å². The van der Waals surface area contributed by atoms with Gasteiger partial charge in [-0.25, -0.2) is 4.79 Å². The second-order valence-electron chi connectivity index (χ2n) is 11.9. The number of anilines is 1. The predicted octanol–water partition coefficient (Wildman–Crippen LogP) is 7.09. The van der Waals surface area contributed by atoms with E-state index in [0.29, 0.717) is 67.4 Å². The topological polar surface area (TPSA) is 86.6 Å². The molecule has 3 N–H and O–H groups in total. The van der Waals surface area contributed by atoms with Crippen LogP contribution in [0.2, 0.25) is 0 Å². The van der Waals surface area contributed by atoms with Crippen molar-refractivity contribution < 1.29 is 14.7 Å². The Morgan fingerprint density at radius 2 is 1.88 bits per heavy atom. The molecule has 41 heavy (non-hydrogen) atoms. The highest BCUT2D eigenvalue weighted by molar-refractivity contribution is 6.32. The van der Waals surface area contributed by atoms with Crippen LogP contribution in [0.1, 0.15) is 92.3 Å². The molecule has 1 aliphatic rings. The van der Waals surface area contributed by atoms with Gasteiger partial charge in [-0.05, 0) is 82.1 Å². The first-order chi connectivity index (χ1) is 19.1. The van der Waals surface area contributed by atoms with Crippen LogP contribution in [0.3, 0.4) is 0 Å². The van der Waals surface area contributed by atoms with Gasteiger partial charge < -0.3 is 15.3 Å². The van der Waals surface area contributed by atoms with Crippen LogP contribution in [-0.2, 0) is 16.6 Å². The van der Waals surface area contributed by atoms with Crippen LogP contribution in [0.5, 0.6) is 0 Å². The molecule has 0 unspecified atom stereocenters. The fourth-order valence-electron chi connectivity index (χ4n) is 4.81. The molecule has 1 fully saturated rings. The van der Waals surface area contributed by atoms with Gasteiger partial charge >= 0.3 is 6.03 Å². The SMILES string of the molecule is C#C/C=C(\C=C/CCC(=O)N1CCC(C)(O)CC1)n1c(NC(=O)N/C(C)=C(Cl)/C(C)=C\C)cc(C(C)(C)C)c1CC. The Morgan fingerprint density at radius 1 is 1.24 bits per heavy atom. The van der Waals surface area contributed by atoms with Gasteiger partial charge in [0, 0.05) is 37.0 Å². The highest BCUT2D eigenvalue weighted by Gasteiger charge is 2.29. The molecule has 0 atom stereocenters. The first kappa shape index (κ1) is 34.0. The largest absolute Gasteiger partial charge is 0.390 e. The number of nitrogens with one attached hydrogen (secondary N) is 2. The lowest BCUT2D eigenvalue weighted by atomic mass is 9.86. The van der Waals surface area contributed by atoms with Crippen LogP contribution < -0.4 is 10.6 Å². The average Bonchev–Trinajstić information content (AvgIpc) is 3.27. The van der Waals surface area contributed by atoms with Crippen molar-refractivity contribution in [1.82, 2.24) is 14.8 Å². The van der Waals surface area contributed by atoms with Crippen molar-refractivity contribution in [2.75, 3.05) is 18.4 Å². The lowest BCUT2D eigenvalue weighted by Gasteiger charge is -2.35. The fraction of sp³-hybridized carbons (Fsp3) is 0.515. The molecule has 0 saturated carbocycles. The van der Waals surface area contributed by atoms with E-state index in [-0.39, 0.29) is 11.3 Å². The molecule has 3 amide bonds. The lowest BCUT2D eigenvalue weighted by molar-refractivity contribution is -0.134. The van der Waals surface area contributed by atoms with Gasteiger partial charge in [-0.2, -0.15) is 0 Å². The van der Waals surface area contributed by atoms with Crippen LogP contribution >= 0.6 is 11.6 Å². The summed E-state index contributed by atoms with van der Waals surface area (Å²) in [7, 11) is 0. The first-order valence-electron chi connectivity index (χ1n) is 14.3. The summed E-state index contributed by atoms with van der Waals surface area (Å²) in [6.07, 6.45) is 15.9. The van der Waals surface area contributed by atoms with E-state index in [1.165, 1.54) is 0 Å². The number of hydrogen-bond acceptors (Lipinski definition) is 3. The minimum atomic E-state index is -0.694. The number of aliphatic hydroxyl groups is 1. The molecular formula is C33H47ClN4O3. The summed E-state index contributed by atoms with van der Waals surface area (Å²) in [5, 5.41) is 16.5. The van der Waals surface area contributed by atoms with Gasteiger partial charge in [-0.15, -0.1) is 6.42 Å². The fourth-order valence-corrected chi connectivity index (χ4v) is 4.97. The third-order valence-electron chi connectivity index (χ3n) is 7.39. The number of urea groups is 1. The highest BCUT2D eigenvalue weighted by Crippen LogP contribution is 2.34. The quantitative estimate of drug-likeness (QED) is 0.214. The molecule has 2 heterocycles. The molecule has 224 valence electrons. The van der Waals surface area contributed by atoms with Crippen LogP contribution in [0.25, 0.3) is 5.70 Å². The van der Waals surface area contributed by atoms with Crippen molar-refractivity contribution in [3.8, 4) is 12.3 Å². The van der Waals surface area contributed by atoms with Gasteiger partial charge in [0.2, 0.25) is 5.91 Å². The Labute approximate surface area is 251 Å². The van der Waals surface area contributed by atoms with E-state index in [1.807, 2.05) is 54.5 Å².